The number of hydrogen-bond acceptors (Lipinski definition) is 2. The SMILES string of the molecule is CC(=O)Nc1ccc(NC(=O)N(C)Cc2ccc(F)cc2)cc1. The van der Waals surface area contributed by atoms with Crippen LogP contribution in [-0.4, -0.2) is 23.9 Å². The van der Waals surface area contributed by atoms with Crippen molar-refractivity contribution in [2.24, 2.45) is 0 Å². The van der Waals surface area contributed by atoms with Crippen LogP contribution in [-0.2, 0) is 11.3 Å². The Bertz CT molecular complexity index is 684. The van der Waals surface area contributed by atoms with Gasteiger partial charge in [0.25, 0.3) is 0 Å². The minimum atomic E-state index is -0.305. The van der Waals surface area contributed by atoms with Gasteiger partial charge in [0.05, 0.1) is 0 Å². The van der Waals surface area contributed by atoms with E-state index in [1.807, 2.05) is 0 Å². The van der Waals surface area contributed by atoms with Crippen LogP contribution in [0.3, 0.4) is 0 Å². The second-order valence-electron chi connectivity index (χ2n) is 5.17. The average molecular weight is 315 g/mol. The second-order valence-corrected chi connectivity index (χ2v) is 5.17. The minimum absolute atomic E-state index is 0.152. The number of nitrogens with one attached hydrogen (secondary N) is 2. The highest BCUT2D eigenvalue weighted by molar-refractivity contribution is 5.91. The number of benzene rings is 2. The third-order valence-corrected chi connectivity index (χ3v) is 3.14. The van der Waals surface area contributed by atoms with Crippen molar-refractivity contribution in [3.63, 3.8) is 0 Å². The standard InChI is InChI=1S/C17H18FN3O2/c1-12(22)19-15-7-9-16(10-8-15)20-17(23)21(2)11-13-3-5-14(18)6-4-13/h3-10H,11H2,1-2H3,(H,19,22)(H,20,23). The first-order valence-electron chi connectivity index (χ1n) is 7.08. The van der Waals surface area contributed by atoms with E-state index in [2.05, 4.69) is 10.6 Å². The summed E-state index contributed by atoms with van der Waals surface area (Å²) in [5, 5.41) is 5.41. The predicted octanol–water partition coefficient (Wildman–Crippen LogP) is 3.45. The highest BCUT2D eigenvalue weighted by Gasteiger charge is 2.09. The maximum absolute atomic E-state index is 12.9. The number of amides is 3. The van der Waals surface area contributed by atoms with E-state index in [-0.39, 0.29) is 17.8 Å². The first-order valence-corrected chi connectivity index (χ1v) is 7.08. The predicted molar refractivity (Wildman–Crippen MR) is 87.6 cm³/mol. The molecule has 120 valence electrons. The summed E-state index contributed by atoms with van der Waals surface area (Å²) in [6.07, 6.45) is 0. The number of anilines is 2. The Hall–Kier alpha value is -2.89. The average Bonchev–Trinajstić information content (AvgIpc) is 2.51. The molecule has 0 atom stereocenters. The molecule has 0 saturated carbocycles. The largest absolute Gasteiger partial charge is 0.326 e. The number of carbonyl (C=O) groups is 2. The Kier molecular flexibility index (Phi) is 5.30. The molecule has 0 aliphatic heterocycles. The van der Waals surface area contributed by atoms with Crippen molar-refractivity contribution in [1.29, 1.82) is 0 Å². The summed E-state index contributed by atoms with van der Waals surface area (Å²) in [6.45, 7) is 1.80. The van der Waals surface area contributed by atoms with Crippen LogP contribution in [0.25, 0.3) is 0 Å². The van der Waals surface area contributed by atoms with E-state index in [1.165, 1.54) is 24.0 Å². The van der Waals surface area contributed by atoms with E-state index in [1.54, 1.807) is 43.4 Å². The summed E-state index contributed by atoms with van der Waals surface area (Å²) < 4.78 is 12.9. The molecule has 0 bridgehead atoms. The fourth-order valence-corrected chi connectivity index (χ4v) is 1.99. The Labute approximate surface area is 134 Å². The fraction of sp³-hybridized carbons (Fsp3) is 0.176. The molecular weight excluding hydrogens is 297 g/mol. The summed E-state index contributed by atoms with van der Waals surface area (Å²) in [7, 11) is 1.66. The van der Waals surface area contributed by atoms with Crippen molar-refractivity contribution >= 4 is 23.3 Å². The third kappa shape index (κ3) is 5.10. The van der Waals surface area contributed by atoms with Crippen molar-refractivity contribution in [2.75, 3.05) is 17.7 Å². The Balaban J connectivity index is 1.92. The van der Waals surface area contributed by atoms with Gasteiger partial charge in [0.15, 0.2) is 0 Å². The van der Waals surface area contributed by atoms with Gasteiger partial charge in [-0.15, -0.1) is 0 Å². The third-order valence-electron chi connectivity index (χ3n) is 3.14. The summed E-state index contributed by atoms with van der Waals surface area (Å²) in [5.74, 6) is -0.457. The molecule has 0 unspecified atom stereocenters. The zero-order valence-electron chi connectivity index (χ0n) is 13.0. The molecule has 0 saturated heterocycles. The first-order chi connectivity index (χ1) is 10.9. The monoisotopic (exact) mass is 315 g/mol. The van der Waals surface area contributed by atoms with Crippen molar-refractivity contribution in [1.82, 2.24) is 4.90 Å². The van der Waals surface area contributed by atoms with Crippen molar-refractivity contribution in [3.05, 3.63) is 59.9 Å². The quantitative estimate of drug-likeness (QED) is 0.908. The molecule has 0 fully saturated rings. The summed E-state index contributed by atoms with van der Waals surface area (Å²) in [6, 6.07) is 12.5. The second kappa shape index (κ2) is 7.40. The lowest BCUT2D eigenvalue weighted by molar-refractivity contribution is -0.114. The van der Waals surface area contributed by atoms with E-state index in [4.69, 9.17) is 0 Å². The van der Waals surface area contributed by atoms with Gasteiger partial charge in [-0.25, -0.2) is 9.18 Å². The van der Waals surface area contributed by atoms with Crippen LogP contribution < -0.4 is 10.6 Å². The van der Waals surface area contributed by atoms with Crippen LogP contribution >= 0.6 is 0 Å². The molecule has 23 heavy (non-hydrogen) atoms. The highest BCUT2D eigenvalue weighted by atomic mass is 19.1. The Morgan fingerprint density at radius 3 is 2.00 bits per heavy atom. The Morgan fingerprint density at radius 1 is 0.957 bits per heavy atom. The lowest BCUT2D eigenvalue weighted by Gasteiger charge is -2.18. The first kappa shape index (κ1) is 16.5. The number of nitrogens with zero attached hydrogens (tertiary/aromatic N) is 1. The van der Waals surface area contributed by atoms with Gasteiger partial charge < -0.3 is 15.5 Å². The van der Waals surface area contributed by atoms with E-state index in [9.17, 15) is 14.0 Å². The van der Waals surface area contributed by atoms with Gasteiger partial charge in [0.2, 0.25) is 5.91 Å². The zero-order chi connectivity index (χ0) is 16.8. The molecule has 2 aromatic carbocycles. The van der Waals surface area contributed by atoms with E-state index in [0.717, 1.165) is 5.56 Å². The van der Waals surface area contributed by atoms with Gasteiger partial charge in [-0.2, -0.15) is 0 Å². The summed E-state index contributed by atoms with van der Waals surface area (Å²) in [4.78, 5) is 24.6. The van der Waals surface area contributed by atoms with Crippen LogP contribution in [0.4, 0.5) is 20.6 Å². The molecule has 6 heteroatoms. The zero-order valence-corrected chi connectivity index (χ0v) is 13.0. The van der Waals surface area contributed by atoms with Gasteiger partial charge >= 0.3 is 6.03 Å². The maximum Gasteiger partial charge on any atom is 0.321 e. The molecule has 0 radical (unpaired) electrons. The number of urea groups is 1. The minimum Gasteiger partial charge on any atom is -0.326 e. The number of halogens is 1. The molecule has 5 nitrogen and oxygen atoms in total. The number of hydrogen-bond donors (Lipinski definition) is 2. The Morgan fingerprint density at radius 2 is 1.48 bits per heavy atom. The lowest BCUT2D eigenvalue weighted by atomic mass is 10.2. The molecule has 3 amide bonds. The lowest BCUT2D eigenvalue weighted by Crippen LogP contribution is -2.30. The molecule has 2 N–H and O–H groups in total. The molecule has 2 aromatic rings. The van der Waals surface area contributed by atoms with Gasteiger partial charge in [0, 0.05) is 31.9 Å². The maximum atomic E-state index is 12.9. The molecule has 0 heterocycles. The van der Waals surface area contributed by atoms with Gasteiger partial charge in [0.1, 0.15) is 5.82 Å². The number of carbonyl (C=O) groups excluding carboxylic acids is 2. The summed E-state index contributed by atoms with van der Waals surface area (Å²) in [5.41, 5.74) is 2.12. The highest BCUT2D eigenvalue weighted by Crippen LogP contribution is 2.14. The molecule has 0 spiro atoms. The molecule has 2 rings (SSSR count). The normalized spacial score (nSPS) is 10.0. The van der Waals surface area contributed by atoms with Crippen molar-refractivity contribution in [2.45, 2.75) is 13.5 Å². The van der Waals surface area contributed by atoms with Gasteiger partial charge in [-0.1, -0.05) is 12.1 Å². The molecule has 0 aliphatic carbocycles. The van der Waals surface area contributed by atoms with Crippen molar-refractivity contribution in [3.8, 4) is 0 Å². The summed E-state index contributed by atoms with van der Waals surface area (Å²) >= 11 is 0. The van der Waals surface area contributed by atoms with E-state index >= 15 is 0 Å². The smallest absolute Gasteiger partial charge is 0.321 e. The van der Waals surface area contributed by atoms with Crippen LogP contribution in [0.2, 0.25) is 0 Å². The topological polar surface area (TPSA) is 61.4 Å². The van der Waals surface area contributed by atoms with Gasteiger partial charge in [-0.05, 0) is 42.0 Å². The van der Waals surface area contributed by atoms with Crippen LogP contribution in [0, 0.1) is 5.82 Å². The molecular formula is C17H18FN3O2. The van der Waals surface area contributed by atoms with E-state index in [0.29, 0.717) is 17.9 Å². The molecule has 0 aromatic heterocycles. The van der Waals surface area contributed by atoms with Crippen LogP contribution in [0.15, 0.2) is 48.5 Å². The van der Waals surface area contributed by atoms with Crippen molar-refractivity contribution < 1.29 is 14.0 Å². The van der Waals surface area contributed by atoms with E-state index < -0.39 is 0 Å². The number of rotatable bonds is 4. The van der Waals surface area contributed by atoms with Crippen LogP contribution in [0.5, 0.6) is 0 Å². The fourth-order valence-electron chi connectivity index (χ4n) is 1.99. The molecule has 0 aliphatic rings. The van der Waals surface area contributed by atoms with Gasteiger partial charge in [-0.3, -0.25) is 4.79 Å². The van der Waals surface area contributed by atoms with Crippen LogP contribution in [0.1, 0.15) is 12.5 Å².